The molecule has 0 aliphatic heterocycles. The second-order valence-corrected chi connectivity index (χ2v) is 28.4. The van der Waals surface area contributed by atoms with Crippen LogP contribution in [0.5, 0.6) is 0 Å². The fraction of sp³-hybridized carbons (Fsp3) is 0. The Bertz CT molecular complexity index is 7150. The highest BCUT2D eigenvalue weighted by Crippen LogP contribution is 2.47. The largest absolute Gasteiger partial charge is 0.489 e. The molecule has 0 fully saturated rings. The predicted molar refractivity (Wildman–Crippen MR) is 454 cm³/mol. The quantitative estimate of drug-likeness (QED) is 0.116. The molecule has 0 radical (unpaired) electrons. The van der Waals surface area contributed by atoms with Crippen molar-refractivity contribution in [3.05, 3.63) is 368 Å². The van der Waals surface area contributed by atoms with Gasteiger partial charge in [0.1, 0.15) is 44.7 Å². The summed E-state index contributed by atoms with van der Waals surface area (Å²) in [4.78, 5) is 0. The predicted octanol–water partition coefficient (Wildman–Crippen LogP) is 27.4. The van der Waals surface area contributed by atoms with Crippen LogP contribution in [0.4, 0.5) is 0 Å². The van der Waals surface area contributed by atoms with Crippen LogP contribution in [-0.2, 0) is 0 Å². The van der Waals surface area contributed by atoms with Crippen molar-refractivity contribution in [2.75, 3.05) is 0 Å². The molecule has 4 heterocycles. The summed E-state index contributed by atoms with van der Waals surface area (Å²) in [7, 11) is -1.55. The van der Waals surface area contributed by atoms with E-state index < -0.39 is 7.12 Å². The minimum atomic E-state index is -1.55. The molecule has 108 heavy (non-hydrogen) atoms. The summed E-state index contributed by atoms with van der Waals surface area (Å²) in [5.41, 5.74) is 24.1. The van der Waals surface area contributed by atoms with E-state index in [0.717, 1.165) is 148 Å². The maximum Gasteiger partial charge on any atom is 0.489 e. The van der Waals surface area contributed by atoms with Gasteiger partial charge >= 0.3 is 7.12 Å². The lowest BCUT2D eigenvalue weighted by atomic mass is 9.72. The maximum atomic E-state index is 10.2. The van der Waals surface area contributed by atoms with Gasteiger partial charge in [-0.05, 0) is 176 Å². The van der Waals surface area contributed by atoms with Crippen LogP contribution < -0.4 is 5.46 Å². The van der Waals surface area contributed by atoms with Crippen molar-refractivity contribution in [2.24, 2.45) is 0 Å². The molecule has 6 nitrogen and oxygen atoms in total. The highest BCUT2D eigenvalue weighted by Gasteiger charge is 2.24. The fourth-order valence-corrected chi connectivity index (χ4v) is 16.6. The van der Waals surface area contributed by atoms with Crippen LogP contribution in [0, 0.1) is 0 Å². The standard InChI is InChI=1S/C50H30O2.C32H21BO3.C18H11BrO/c1-3-14-41-39(12-1)48(33-24-20-31(21-25-33)35-28-29-47-44(30-35)38-11-6-7-18-45(38)51-47)40-13-2-4-15-42(40)49(41)34-26-22-32(23-27-34)36-16-9-17-43-37-10-5-8-19-46(37)52-50(36)43;34-33(35)32-26-10-3-1-8-24(26)31(25-9-2-4-11-27(25)32)21-15-13-20(14-16-21)22-17-18-30-28(19-22)23-7-5-6-12-29(23)36-30;19-13-10-8-12(9-11-13)14-5-3-6-16-15-4-1-2-7-17(15)20-18(14)16/h1-30H;1-19,34-35H;1-11H. The van der Waals surface area contributed by atoms with E-state index in [0.29, 0.717) is 5.46 Å². The second kappa shape index (κ2) is 26.7. The summed E-state index contributed by atoms with van der Waals surface area (Å²) in [6.07, 6.45) is 0. The van der Waals surface area contributed by atoms with Crippen LogP contribution in [-0.4, -0.2) is 17.2 Å². The Hall–Kier alpha value is -13.3. The van der Waals surface area contributed by atoms with E-state index in [-0.39, 0.29) is 0 Å². The lowest BCUT2D eigenvalue weighted by Crippen LogP contribution is -2.31. The van der Waals surface area contributed by atoms with Gasteiger partial charge in [-0.1, -0.05) is 319 Å². The molecule has 0 amide bonds. The minimum Gasteiger partial charge on any atom is -0.456 e. The van der Waals surface area contributed by atoms with Crippen molar-refractivity contribution in [1.29, 1.82) is 0 Å². The van der Waals surface area contributed by atoms with E-state index >= 15 is 0 Å². The third-order valence-electron chi connectivity index (χ3n) is 21.4. The summed E-state index contributed by atoms with van der Waals surface area (Å²) >= 11 is 3.47. The molecule has 0 spiro atoms. The number of para-hydroxylation sites is 6. The molecular weight excluding hydrogens is 1390 g/mol. The van der Waals surface area contributed by atoms with E-state index in [1.54, 1.807) is 0 Å². The number of furan rings is 4. The van der Waals surface area contributed by atoms with E-state index in [1.165, 1.54) is 65.7 Å². The average Bonchev–Trinajstić information content (AvgIpc) is 1.23. The van der Waals surface area contributed by atoms with Gasteiger partial charge in [0.2, 0.25) is 0 Å². The summed E-state index contributed by atoms with van der Waals surface area (Å²) in [5, 5.41) is 38.2. The van der Waals surface area contributed by atoms with E-state index in [9.17, 15) is 10.0 Å². The summed E-state index contributed by atoms with van der Waals surface area (Å²) in [5.74, 6) is 0. The van der Waals surface area contributed by atoms with E-state index in [2.05, 4.69) is 277 Å². The van der Waals surface area contributed by atoms with E-state index in [4.69, 9.17) is 17.7 Å². The number of fused-ring (bicyclic) bond motifs is 16. The van der Waals surface area contributed by atoms with Crippen molar-refractivity contribution in [1.82, 2.24) is 0 Å². The molecule has 22 aromatic rings. The highest BCUT2D eigenvalue weighted by molar-refractivity contribution is 9.10. The van der Waals surface area contributed by atoms with Crippen molar-refractivity contribution in [3.8, 4) is 77.9 Å². The Labute approximate surface area is 629 Å². The number of hydrogen-bond acceptors (Lipinski definition) is 6. The Morgan fingerprint density at radius 3 is 0.796 bits per heavy atom. The summed E-state index contributed by atoms with van der Waals surface area (Å²) in [6, 6.07) is 127. The summed E-state index contributed by atoms with van der Waals surface area (Å²) in [6.45, 7) is 0. The molecule has 18 aromatic carbocycles. The van der Waals surface area contributed by atoms with Crippen LogP contribution in [0.2, 0.25) is 0 Å². The number of rotatable bonds is 8. The molecule has 0 atom stereocenters. The normalized spacial score (nSPS) is 11.7. The summed E-state index contributed by atoms with van der Waals surface area (Å²) < 4.78 is 25.6. The Morgan fingerprint density at radius 2 is 0.444 bits per heavy atom. The van der Waals surface area contributed by atoms with Crippen molar-refractivity contribution >= 4 is 159 Å². The molecule has 2 N–H and O–H groups in total. The third kappa shape index (κ3) is 11.1. The van der Waals surface area contributed by atoms with Gasteiger partial charge in [-0.2, -0.15) is 0 Å². The van der Waals surface area contributed by atoms with Crippen molar-refractivity contribution < 1.29 is 27.7 Å². The number of hydrogen-bond donors (Lipinski definition) is 2. The zero-order chi connectivity index (χ0) is 71.9. The smallest absolute Gasteiger partial charge is 0.456 e. The van der Waals surface area contributed by atoms with Gasteiger partial charge in [0.15, 0.2) is 0 Å². The molecule has 0 saturated heterocycles. The molecule has 0 aliphatic rings. The first-order valence-electron chi connectivity index (χ1n) is 36.2. The molecule has 0 bridgehead atoms. The molecule has 0 aliphatic carbocycles. The minimum absolute atomic E-state index is 0.544. The molecule has 508 valence electrons. The topological polar surface area (TPSA) is 93.0 Å². The SMILES string of the molecule is Brc1ccc(-c2cccc3c2oc2ccccc23)cc1.OB(O)c1c2ccccc2c(-c2ccc(-c3ccc4oc5ccccc5c4c3)cc2)c2ccccc12.c1ccc2c(c1)oc1ccc(-c3ccc(-c4c5ccccc5c(-c5ccc(-c6cccc7c6oc6ccccc67)cc5)c5ccccc45)cc3)cc12. The Balaban J connectivity index is 0.000000118. The third-order valence-corrected chi connectivity index (χ3v) is 21.9. The van der Waals surface area contributed by atoms with E-state index in [1.807, 2.05) is 103 Å². The molecule has 4 aromatic heterocycles. The fourth-order valence-electron chi connectivity index (χ4n) is 16.4. The van der Waals surface area contributed by atoms with Crippen LogP contribution in [0.25, 0.3) is 209 Å². The van der Waals surface area contributed by atoms with Crippen LogP contribution >= 0.6 is 15.9 Å². The van der Waals surface area contributed by atoms with Gasteiger partial charge in [0.25, 0.3) is 0 Å². The van der Waals surface area contributed by atoms with Crippen LogP contribution in [0.1, 0.15) is 0 Å². The first-order valence-corrected chi connectivity index (χ1v) is 37.0. The monoisotopic (exact) mass is 1450 g/mol. The molecule has 22 rings (SSSR count). The van der Waals surface area contributed by atoms with Gasteiger partial charge in [-0.15, -0.1) is 0 Å². The zero-order valence-electron chi connectivity index (χ0n) is 58.1. The van der Waals surface area contributed by atoms with Crippen molar-refractivity contribution in [3.63, 3.8) is 0 Å². The highest BCUT2D eigenvalue weighted by atomic mass is 79.9. The molecule has 0 saturated carbocycles. The van der Waals surface area contributed by atoms with Crippen molar-refractivity contribution in [2.45, 2.75) is 0 Å². The van der Waals surface area contributed by atoms with Gasteiger partial charge in [-0.3, -0.25) is 0 Å². The molecule has 8 heteroatoms. The lowest BCUT2D eigenvalue weighted by Gasteiger charge is -2.18. The Kier molecular flexibility index (Phi) is 15.9. The van der Waals surface area contributed by atoms with Gasteiger partial charge in [0.05, 0.1) is 0 Å². The Morgan fingerprint density at radius 1 is 0.194 bits per heavy atom. The number of benzene rings is 18. The maximum absolute atomic E-state index is 10.2. The molecular formula is C100H62BBrO6. The molecule has 0 unspecified atom stereocenters. The first-order chi connectivity index (χ1) is 53.3. The van der Waals surface area contributed by atoms with Crippen LogP contribution in [0.3, 0.4) is 0 Å². The van der Waals surface area contributed by atoms with Gasteiger partial charge < -0.3 is 27.7 Å². The van der Waals surface area contributed by atoms with Gasteiger partial charge in [0, 0.05) is 58.7 Å². The second-order valence-electron chi connectivity index (χ2n) is 27.5. The first kappa shape index (κ1) is 64.3. The number of halogens is 1. The van der Waals surface area contributed by atoms with Gasteiger partial charge in [-0.25, -0.2) is 0 Å². The zero-order valence-corrected chi connectivity index (χ0v) is 59.7. The van der Waals surface area contributed by atoms with Crippen LogP contribution in [0.15, 0.2) is 386 Å². The lowest BCUT2D eigenvalue weighted by molar-refractivity contribution is 0.426. The average molecular weight is 1450 g/mol.